The highest BCUT2D eigenvalue weighted by molar-refractivity contribution is 5.76. The van der Waals surface area contributed by atoms with Crippen molar-refractivity contribution in [1.82, 2.24) is 5.32 Å². The lowest BCUT2D eigenvalue weighted by molar-refractivity contribution is -0.122. The van der Waals surface area contributed by atoms with Gasteiger partial charge in [0, 0.05) is 13.0 Å². The molecular weight excluding hydrogens is 316 g/mol. The van der Waals surface area contributed by atoms with Crippen LogP contribution >= 0.6 is 0 Å². The van der Waals surface area contributed by atoms with Crippen LogP contribution in [0.5, 0.6) is 11.5 Å². The van der Waals surface area contributed by atoms with Crippen LogP contribution < -0.4 is 14.8 Å². The summed E-state index contributed by atoms with van der Waals surface area (Å²) in [6.45, 7) is -2.54. The molecule has 4 nitrogen and oxygen atoms in total. The van der Waals surface area contributed by atoms with Crippen LogP contribution in [0.3, 0.4) is 0 Å². The lowest BCUT2D eigenvalue weighted by atomic mass is 9.86. The van der Waals surface area contributed by atoms with Crippen molar-refractivity contribution >= 4 is 5.91 Å². The fraction of sp³-hybridized carbons (Fsp3) is 0.611. The van der Waals surface area contributed by atoms with Crippen LogP contribution in [0.25, 0.3) is 0 Å². The molecule has 0 saturated heterocycles. The molecule has 132 valence electrons. The number of ether oxygens (including phenoxy) is 2. The molecule has 2 bridgehead atoms. The summed E-state index contributed by atoms with van der Waals surface area (Å²) < 4.78 is 34.1. The summed E-state index contributed by atoms with van der Waals surface area (Å²) in [5.41, 5.74) is 0.787. The first-order valence-electron chi connectivity index (χ1n) is 8.43. The normalized spacial score (nSPS) is 25.1. The van der Waals surface area contributed by atoms with E-state index in [2.05, 4.69) is 10.1 Å². The Kier molecular flexibility index (Phi) is 5.21. The number of hydrogen-bond acceptors (Lipinski definition) is 3. The van der Waals surface area contributed by atoms with Gasteiger partial charge in [0.1, 0.15) is 0 Å². The molecule has 0 radical (unpaired) electrons. The van der Waals surface area contributed by atoms with Gasteiger partial charge in [-0.15, -0.1) is 0 Å². The molecule has 6 heteroatoms. The molecule has 3 rings (SSSR count). The Labute approximate surface area is 140 Å². The predicted molar refractivity (Wildman–Crippen MR) is 85.0 cm³/mol. The van der Waals surface area contributed by atoms with E-state index in [9.17, 15) is 13.6 Å². The molecule has 1 aromatic carbocycles. The lowest BCUT2D eigenvalue weighted by Crippen LogP contribution is -2.26. The number of carbonyl (C=O) groups is 1. The Morgan fingerprint density at radius 1 is 1.29 bits per heavy atom. The highest BCUT2D eigenvalue weighted by Crippen LogP contribution is 2.49. The van der Waals surface area contributed by atoms with Gasteiger partial charge in [-0.3, -0.25) is 4.79 Å². The fourth-order valence-electron chi connectivity index (χ4n) is 4.15. The standard InChI is InChI=1S/C18H23F2NO3/c1-23-16-8-12(3-5-15(16)24-18(19)20)10-21-17(22)9-14-7-11-2-4-13(14)6-11/h3,5,8,11,13-14,18H,2,4,6-7,9-10H2,1H3,(H,21,22)/t11-,13-,14+/m1/s1. The zero-order valence-electron chi connectivity index (χ0n) is 13.8. The van der Waals surface area contributed by atoms with Crippen LogP contribution in [0.15, 0.2) is 18.2 Å². The van der Waals surface area contributed by atoms with E-state index in [4.69, 9.17) is 4.74 Å². The van der Waals surface area contributed by atoms with E-state index in [1.807, 2.05) is 0 Å². The topological polar surface area (TPSA) is 47.6 Å². The molecule has 0 spiro atoms. The predicted octanol–water partition coefficient (Wildman–Crippen LogP) is 3.74. The van der Waals surface area contributed by atoms with Gasteiger partial charge in [-0.1, -0.05) is 12.5 Å². The van der Waals surface area contributed by atoms with Gasteiger partial charge in [-0.05, 0) is 54.7 Å². The molecule has 2 saturated carbocycles. The number of alkyl halides is 2. The monoisotopic (exact) mass is 339 g/mol. The second-order valence-electron chi connectivity index (χ2n) is 6.78. The van der Waals surface area contributed by atoms with Crippen LogP contribution in [0.2, 0.25) is 0 Å². The van der Waals surface area contributed by atoms with Gasteiger partial charge in [-0.2, -0.15) is 8.78 Å². The average molecular weight is 339 g/mol. The number of benzene rings is 1. The third kappa shape index (κ3) is 3.97. The molecule has 0 unspecified atom stereocenters. The van der Waals surface area contributed by atoms with Gasteiger partial charge < -0.3 is 14.8 Å². The largest absolute Gasteiger partial charge is 0.493 e. The van der Waals surface area contributed by atoms with Gasteiger partial charge in [-0.25, -0.2) is 0 Å². The number of carbonyl (C=O) groups excluding carboxylic acids is 1. The summed E-state index contributed by atoms with van der Waals surface area (Å²) >= 11 is 0. The molecule has 3 atom stereocenters. The molecule has 0 aliphatic heterocycles. The first kappa shape index (κ1) is 17.0. The Hall–Kier alpha value is -1.85. The minimum Gasteiger partial charge on any atom is -0.493 e. The first-order valence-corrected chi connectivity index (χ1v) is 8.43. The van der Waals surface area contributed by atoms with Crippen LogP contribution in [0, 0.1) is 17.8 Å². The average Bonchev–Trinajstić information content (AvgIpc) is 3.16. The number of nitrogens with one attached hydrogen (secondary N) is 1. The smallest absolute Gasteiger partial charge is 0.387 e. The maximum atomic E-state index is 12.3. The quantitative estimate of drug-likeness (QED) is 0.823. The van der Waals surface area contributed by atoms with Crippen LogP contribution in [0.4, 0.5) is 8.78 Å². The Morgan fingerprint density at radius 2 is 2.12 bits per heavy atom. The first-order chi connectivity index (χ1) is 11.5. The minimum atomic E-state index is -2.90. The number of fused-ring (bicyclic) bond motifs is 2. The van der Waals surface area contributed by atoms with E-state index in [-0.39, 0.29) is 17.4 Å². The third-order valence-corrected chi connectivity index (χ3v) is 5.27. The number of halogens is 2. The minimum absolute atomic E-state index is 0.00967. The maximum absolute atomic E-state index is 12.3. The van der Waals surface area contributed by atoms with Crippen molar-refractivity contribution in [3.05, 3.63) is 23.8 Å². The summed E-state index contributed by atoms with van der Waals surface area (Å²) in [4.78, 5) is 12.1. The van der Waals surface area contributed by atoms with E-state index in [0.717, 1.165) is 17.4 Å². The van der Waals surface area contributed by atoms with E-state index < -0.39 is 6.61 Å². The maximum Gasteiger partial charge on any atom is 0.387 e. The van der Waals surface area contributed by atoms with Crippen molar-refractivity contribution in [2.24, 2.45) is 17.8 Å². The number of rotatable bonds is 7. The molecule has 24 heavy (non-hydrogen) atoms. The molecule has 1 aromatic rings. The molecule has 0 aromatic heterocycles. The molecule has 2 fully saturated rings. The van der Waals surface area contributed by atoms with Gasteiger partial charge in [0.05, 0.1) is 7.11 Å². The zero-order chi connectivity index (χ0) is 17.1. The SMILES string of the molecule is COc1cc(CNC(=O)C[C@@H]2C[C@@H]3CC[C@@H]2C3)ccc1OC(F)F. The van der Waals surface area contributed by atoms with E-state index in [1.54, 1.807) is 12.1 Å². The van der Waals surface area contributed by atoms with Crippen molar-refractivity contribution in [3.8, 4) is 11.5 Å². The van der Waals surface area contributed by atoms with E-state index in [1.165, 1.54) is 38.9 Å². The summed E-state index contributed by atoms with van der Waals surface area (Å²) in [7, 11) is 1.39. The molecule has 0 heterocycles. The van der Waals surface area contributed by atoms with Crippen molar-refractivity contribution in [2.45, 2.75) is 45.3 Å². The highest BCUT2D eigenvalue weighted by Gasteiger charge is 2.39. The summed E-state index contributed by atoms with van der Waals surface area (Å²) in [5, 5.41) is 2.91. The summed E-state index contributed by atoms with van der Waals surface area (Å²) in [6.07, 6.45) is 5.66. The van der Waals surface area contributed by atoms with Crippen molar-refractivity contribution in [3.63, 3.8) is 0 Å². The molecule has 1 amide bonds. The number of hydrogen-bond donors (Lipinski definition) is 1. The Balaban J connectivity index is 1.51. The highest BCUT2D eigenvalue weighted by atomic mass is 19.3. The number of amides is 1. The molecule has 2 aliphatic rings. The summed E-state index contributed by atoms with van der Waals surface area (Å²) in [5.74, 6) is 2.37. The second-order valence-corrected chi connectivity index (χ2v) is 6.78. The van der Waals surface area contributed by atoms with Gasteiger partial charge in [0.25, 0.3) is 0 Å². The van der Waals surface area contributed by atoms with Gasteiger partial charge in [0.15, 0.2) is 11.5 Å². The Bertz CT molecular complexity index is 594. The summed E-state index contributed by atoms with van der Waals surface area (Å²) in [6, 6.07) is 4.69. The fourth-order valence-corrected chi connectivity index (χ4v) is 4.15. The van der Waals surface area contributed by atoms with Gasteiger partial charge in [0.2, 0.25) is 5.91 Å². The van der Waals surface area contributed by atoms with Crippen LogP contribution in [-0.4, -0.2) is 19.6 Å². The second kappa shape index (κ2) is 7.36. The van der Waals surface area contributed by atoms with Crippen molar-refractivity contribution in [2.75, 3.05) is 7.11 Å². The van der Waals surface area contributed by atoms with Crippen molar-refractivity contribution in [1.29, 1.82) is 0 Å². The lowest BCUT2D eigenvalue weighted by Gasteiger charge is -2.21. The third-order valence-electron chi connectivity index (χ3n) is 5.27. The van der Waals surface area contributed by atoms with E-state index in [0.29, 0.717) is 18.9 Å². The van der Waals surface area contributed by atoms with Crippen LogP contribution in [-0.2, 0) is 11.3 Å². The van der Waals surface area contributed by atoms with Crippen LogP contribution in [0.1, 0.15) is 37.7 Å². The zero-order valence-corrected chi connectivity index (χ0v) is 13.8. The van der Waals surface area contributed by atoms with Crippen molar-refractivity contribution < 1.29 is 23.0 Å². The van der Waals surface area contributed by atoms with E-state index >= 15 is 0 Å². The molecule has 2 aliphatic carbocycles. The Morgan fingerprint density at radius 3 is 2.75 bits per heavy atom. The molecule has 1 N–H and O–H groups in total. The molecular formula is C18H23F2NO3. The number of methoxy groups -OCH3 is 1. The van der Waals surface area contributed by atoms with Gasteiger partial charge >= 0.3 is 6.61 Å².